The van der Waals surface area contributed by atoms with Gasteiger partial charge in [-0.15, -0.1) is 0 Å². The lowest BCUT2D eigenvalue weighted by Crippen LogP contribution is -2.42. The maximum atomic E-state index is 12.7. The number of morpholine rings is 1. The third-order valence-corrected chi connectivity index (χ3v) is 5.17. The van der Waals surface area contributed by atoms with Gasteiger partial charge in [-0.3, -0.25) is 4.79 Å². The van der Waals surface area contributed by atoms with Crippen molar-refractivity contribution in [3.05, 3.63) is 64.1 Å². The average Bonchev–Trinajstić information content (AvgIpc) is 2.62. The quantitative estimate of drug-likeness (QED) is 0.644. The highest BCUT2D eigenvalue weighted by Crippen LogP contribution is 2.27. The van der Waals surface area contributed by atoms with Crippen LogP contribution in [0, 0.1) is 0 Å². The van der Waals surface area contributed by atoms with E-state index in [0.717, 1.165) is 10.0 Å². The van der Waals surface area contributed by atoms with Gasteiger partial charge in [-0.25, -0.2) is 0 Å². The normalized spacial score (nSPS) is 17.8. The van der Waals surface area contributed by atoms with E-state index in [0.29, 0.717) is 41.9 Å². The molecule has 0 N–H and O–H groups in total. The van der Waals surface area contributed by atoms with Gasteiger partial charge in [0.25, 0.3) is 11.7 Å². The highest BCUT2D eigenvalue weighted by Gasteiger charge is 2.26. The SMILES string of the molecule is O=C(c1ccc(SC(F)F)cc1)N1CCOC(c2ccc(Br)cc2)C1. The predicted molar refractivity (Wildman–Crippen MR) is 97.0 cm³/mol. The average molecular weight is 428 g/mol. The third-order valence-electron chi connectivity index (χ3n) is 3.92. The Morgan fingerprint density at radius 2 is 1.84 bits per heavy atom. The van der Waals surface area contributed by atoms with E-state index in [1.807, 2.05) is 24.3 Å². The molecule has 0 bridgehead atoms. The molecule has 1 fully saturated rings. The van der Waals surface area contributed by atoms with Gasteiger partial charge < -0.3 is 9.64 Å². The molecule has 132 valence electrons. The van der Waals surface area contributed by atoms with Crippen LogP contribution >= 0.6 is 27.7 Å². The van der Waals surface area contributed by atoms with Gasteiger partial charge in [-0.05, 0) is 42.0 Å². The molecule has 0 spiro atoms. The van der Waals surface area contributed by atoms with E-state index < -0.39 is 5.76 Å². The lowest BCUT2D eigenvalue weighted by Gasteiger charge is -2.33. The number of alkyl halides is 2. The second-order valence-corrected chi connectivity index (χ2v) is 7.54. The van der Waals surface area contributed by atoms with E-state index in [9.17, 15) is 13.6 Å². The maximum absolute atomic E-state index is 12.7. The van der Waals surface area contributed by atoms with Crippen LogP contribution in [0.4, 0.5) is 8.78 Å². The number of hydrogen-bond donors (Lipinski definition) is 0. The standard InChI is InChI=1S/C18H16BrF2NO2S/c19-14-5-1-12(2-6-14)16-11-22(9-10-24-16)17(23)13-3-7-15(8-4-13)25-18(20)21/h1-8,16,18H,9-11H2. The van der Waals surface area contributed by atoms with Gasteiger partial charge >= 0.3 is 0 Å². The second-order valence-electron chi connectivity index (χ2n) is 5.57. The Balaban J connectivity index is 1.68. The summed E-state index contributed by atoms with van der Waals surface area (Å²) >= 11 is 3.87. The van der Waals surface area contributed by atoms with E-state index in [1.165, 1.54) is 0 Å². The summed E-state index contributed by atoms with van der Waals surface area (Å²) in [4.78, 5) is 14.9. The fourth-order valence-corrected chi connectivity index (χ4v) is 3.44. The zero-order valence-electron chi connectivity index (χ0n) is 13.2. The first-order chi connectivity index (χ1) is 12.0. The lowest BCUT2D eigenvalue weighted by atomic mass is 10.1. The topological polar surface area (TPSA) is 29.5 Å². The van der Waals surface area contributed by atoms with Crippen molar-refractivity contribution in [1.82, 2.24) is 4.90 Å². The zero-order chi connectivity index (χ0) is 17.8. The van der Waals surface area contributed by atoms with Gasteiger partial charge in [0, 0.05) is 21.5 Å². The second kappa shape index (κ2) is 8.29. The predicted octanol–water partition coefficient (Wildman–Crippen LogP) is 4.98. The first-order valence-electron chi connectivity index (χ1n) is 7.74. The van der Waals surface area contributed by atoms with Crippen LogP contribution in [0.3, 0.4) is 0 Å². The summed E-state index contributed by atoms with van der Waals surface area (Å²) in [5.74, 6) is -2.58. The van der Waals surface area contributed by atoms with Crippen LogP contribution < -0.4 is 0 Å². The molecule has 3 rings (SSSR count). The molecule has 1 saturated heterocycles. The molecule has 3 nitrogen and oxygen atoms in total. The molecule has 7 heteroatoms. The van der Waals surface area contributed by atoms with E-state index in [4.69, 9.17) is 4.74 Å². The molecule has 1 atom stereocenters. The van der Waals surface area contributed by atoms with Crippen molar-refractivity contribution in [3.63, 3.8) is 0 Å². The van der Waals surface area contributed by atoms with Crippen molar-refractivity contribution < 1.29 is 18.3 Å². The summed E-state index contributed by atoms with van der Waals surface area (Å²) in [5, 5.41) is 0. The van der Waals surface area contributed by atoms with Crippen molar-refractivity contribution in [2.24, 2.45) is 0 Å². The van der Waals surface area contributed by atoms with Gasteiger partial charge in [-0.1, -0.05) is 39.8 Å². The number of hydrogen-bond acceptors (Lipinski definition) is 3. The van der Waals surface area contributed by atoms with Crippen molar-refractivity contribution >= 4 is 33.6 Å². The minimum Gasteiger partial charge on any atom is -0.370 e. The molecule has 1 heterocycles. The minimum absolute atomic E-state index is 0.112. The van der Waals surface area contributed by atoms with Gasteiger partial charge in [0.05, 0.1) is 13.2 Å². The Morgan fingerprint density at radius 1 is 1.16 bits per heavy atom. The maximum Gasteiger partial charge on any atom is 0.288 e. The van der Waals surface area contributed by atoms with Gasteiger partial charge in [0.1, 0.15) is 6.10 Å². The summed E-state index contributed by atoms with van der Waals surface area (Å²) < 4.78 is 31.5. The van der Waals surface area contributed by atoms with Crippen LogP contribution in [0.25, 0.3) is 0 Å². The lowest BCUT2D eigenvalue weighted by molar-refractivity contribution is -0.0228. The number of rotatable bonds is 4. The van der Waals surface area contributed by atoms with Crippen molar-refractivity contribution in [2.45, 2.75) is 16.8 Å². The number of carbonyl (C=O) groups is 1. The molecular formula is C18H16BrF2NO2S. The Morgan fingerprint density at radius 3 is 2.48 bits per heavy atom. The number of nitrogens with zero attached hydrogens (tertiary/aromatic N) is 1. The molecule has 1 amide bonds. The van der Waals surface area contributed by atoms with Crippen molar-refractivity contribution in [3.8, 4) is 0 Å². The molecule has 2 aromatic carbocycles. The van der Waals surface area contributed by atoms with Crippen molar-refractivity contribution in [2.75, 3.05) is 19.7 Å². The van der Waals surface area contributed by atoms with Gasteiger partial charge in [-0.2, -0.15) is 8.78 Å². The minimum atomic E-state index is -2.47. The number of thioether (sulfide) groups is 1. The van der Waals surface area contributed by atoms with Crippen LogP contribution in [0.1, 0.15) is 22.0 Å². The summed E-state index contributed by atoms with van der Waals surface area (Å²) in [6.45, 7) is 1.44. The van der Waals surface area contributed by atoms with E-state index in [-0.39, 0.29) is 12.0 Å². The fraction of sp³-hybridized carbons (Fsp3) is 0.278. The van der Waals surface area contributed by atoms with E-state index in [1.54, 1.807) is 29.2 Å². The van der Waals surface area contributed by atoms with Crippen LogP contribution in [-0.2, 0) is 4.74 Å². The van der Waals surface area contributed by atoms with Crippen LogP contribution in [0.15, 0.2) is 57.9 Å². The Hall–Kier alpha value is -1.44. The number of amides is 1. The first-order valence-corrected chi connectivity index (χ1v) is 9.41. The Labute approximate surface area is 157 Å². The highest BCUT2D eigenvalue weighted by molar-refractivity contribution is 9.10. The molecule has 1 unspecified atom stereocenters. The number of benzene rings is 2. The molecule has 0 radical (unpaired) electrons. The van der Waals surface area contributed by atoms with Crippen LogP contribution in [-0.4, -0.2) is 36.3 Å². The van der Waals surface area contributed by atoms with Crippen molar-refractivity contribution in [1.29, 1.82) is 0 Å². The first kappa shape index (κ1) is 18.4. The van der Waals surface area contributed by atoms with Gasteiger partial charge in [0.15, 0.2) is 0 Å². The smallest absolute Gasteiger partial charge is 0.288 e. The molecular weight excluding hydrogens is 412 g/mol. The third kappa shape index (κ3) is 4.80. The summed E-state index contributed by atoms with van der Waals surface area (Å²) in [6.07, 6.45) is -0.167. The number of carbonyl (C=O) groups excluding carboxylic acids is 1. The molecule has 0 saturated carbocycles. The molecule has 2 aromatic rings. The summed E-state index contributed by atoms with van der Waals surface area (Å²) in [5.41, 5.74) is 1.51. The van der Waals surface area contributed by atoms with Gasteiger partial charge in [0.2, 0.25) is 0 Å². The van der Waals surface area contributed by atoms with E-state index >= 15 is 0 Å². The highest BCUT2D eigenvalue weighted by atomic mass is 79.9. The fourth-order valence-electron chi connectivity index (χ4n) is 2.67. The summed E-state index contributed by atoms with van der Waals surface area (Å²) in [6, 6.07) is 14.1. The van der Waals surface area contributed by atoms with Crippen LogP contribution in [0.2, 0.25) is 0 Å². The molecule has 1 aliphatic rings. The summed E-state index contributed by atoms with van der Waals surface area (Å²) in [7, 11) is 0. The molecule has 0 aromatic heterocycles. The number of ether oxygens (including phenoxy) is 1. The number of halogens is 3. The molecule has 1 aliphatic heterocycles. The monoisotopic (exact) mass is 427 g/mol. The Kier molecular flexibility index (Phi) is 6.09. The van der Waals surface area contributed by atoms with Crippen LogP contribution in [0.5, 0.6) is 0 Å². The molecule has 0 aliphatic carbocycles. The Bertz CT molecular complexity index is 725. The zero-order valence-corrected chi connectivity index (χ0v) is 15.6. The molecule has 25 heavy (non-hydrogen) atoms. The largest absolute Gasteiger partial charge is 0.370 e. The van der Waals surface area contributed by atoms with E-state index in [2.05, 4.69) is 15.9 Å².